The second-order valence-electron chi connectivity index (χ2n) is 8.58. The second-order valence-corrected chi connectivity index (χ2v) is 8.58. The average molecular weight is 429 g/mol. The number of amides is 1. The van der Waals surface area contributed by atoms with Gasteiger partial charge in [-0.05, 0) is 48.2 Å². The summed E-state index contributed by atoms with van der Waals surface area (Å²) >= 11 is 0. The van der Waals surface area contributed by atoms with Crippen molar-refractivity contribution in [2.75, 3.05) is 6.54 Å². The fourth-order valence-electron chi connectivity index (χ4n) is 4.32. The largest absolute Gasteiger partial charge is 0.489 e. The van der Waals surface area contributed by atoms with Gasteiger partial charge in [-0.25, -0.2) is 0 Å². The van der Waals surface area contributed by atoms with E-state index < -0.39 is 0 Å². The van der Waals surface area contributed by atoms with Crippen LogP contribution in [0.25, 0.3) is 0 Å². The number of benzene rings is 2. The Morgan fingerprint density at radius 2 is 1.62 bits per heavy atom. The van der Waals surface area contributed by atoms with Gasteiger partial charge < -0.3 is 9.64 Å². The van der Waals surface area contributed by atoms with E-state index in [-0.39, 0.29) is 5.92 Å². The first-order chi connectivity index (χ1) is 15.8. The van der Waals surface area contributed by atoms with Crippen molar-refractivity contribution in [3.8, 4) is 5.75 Å². The number of hydrogen-bond acceptors (Lipinski definition) is 3. The zero-order valence-electron chi connectivity index (χ0n) is 18.7. The fraction of sp³-hybridized carbons (Fsp3) is 0.357. The van der Waals surface area contributed by atoms with E-state index in [9.17, 15) is 4.79 Å². The first-order valence-electron chi connectivity index (χ1n) is 11.7. The van der Waals surface area contributed by atoms with Gasteiger partial charge in [-0.15, -0.1) is 0 Å². The summed E-state index contributed by atoms with van der Waals surface area (Å²) < 4.78 is 5.91. The van der Waals surface area contributed by atoms with Crippen LogP contribution in [0.2, 0.25) is 0 Å². The minimum absolute atomic E-state index is 0.168. The summed E-state index contributed by atoms with van der Waals surface area (Å²) in [7, 11) is 0. The van der Waals surface area contributed by atoms with Crippen LogP contribution in [0.15, 0.2) is 79.0 Å². The Morgan fingerprint density at radius 1 is 0.875 bits per heavy atom. The molecule has 0 saturated heterocycles. The van der Waals surface area contributed by atoms with Gasteiger partial charge in [-0.1, -0.05) is 67.8 Å². The van der Waals surface area contributed by atoms with E-state index in [0.717, 1.165) is 54.7 Å². The SMILES string of the molecule is O=C(C1CCCCC1)N(CCc1ccccn1)Cc1ccc(OCc2ccccc2)cc1. The monoisotopic (exact) mass is 428 g/mol. The maximum atomic E-state index is 13.3. The molecule has 4 nitrogen and oxygen atoms in total. The number of pyridine rings is 1. The third kappa shape index (κ3) is 6.43. The molecule has 4 heteroatoms. The summed E-state index contributed by atoms with van der Waals surface area (Å²) in [5, 5.41) is 0. The Labute approximate surface area is 191 Å². The van der Waals surface area contributed by atoms with Crippen LogP contribution < -0.4 is 4.74 Å². The van der Waals surface area contributed by atoms with E-state index in [4.69, 9.17) is 4.74 Å². The first-order valence-corrected chi connectivity index (χ1v) is 11.7. The van der Waals surface area contributed by atoms with Gasteiger partial charge in [0.05, 0.1) is 0 Å². The molecule has 1 aromatic heterocycles. The fourth-order valence-corrected chi connectivity index (χ4v) is 4.32. The Hall–Kier alpha value is -3.14. The highest BCUT2D eigenvalue weighted by molar-refractivity contribution is 5.79. The summed E-state index contributed by atoms with van der Waals surface area (Å²) in [6, 6.07) is 24.3. The lowest BCUT2D eigenvalue weighted by atomic mass is 9.88. The molecule has 0 radical (unpaired) electrons. The minimum Gasteiger partial charge on any atom is -0.489 e. The quantitative estimate of drug-likeness (QED) is 0.432. The Kier molecular flexibility index (Phi) is 7.91. The molecular weight excluding hydrogens is 396 g/mol. The summed E-state index contributed by atoms with van der Waals surface area (Å²) in [4.78, 5) is 19.8. The second kappa shape index (κ2) is 11.5. The minimum atomic E-state index is 0.168. The van der Waals surface area contributed by atoms with Crippen LogP contribution in [0.3, 0.4) is 0 Å². The molecule has 4 rings (SSSR count). The number of nitrogens with zero attached hydrogens (tertiary/aromatic N) is 2. The van der Waals surface area contributed by atoms with E-state index in [1.807, 2.05) is 59.6 Å². The van der Waals surface area contributed by atoms with Crippen molar-refractivity contribution in [2.24, 2.45) is 5.92 Å². The molecule has 32 heavy (non-hydrogen) atoms. The molecule has 1 fully saturated rings. The van der Waals surface area contributed by atoms with E-state index in [0.29, 0.717) is 25.6 Å². The average Bonchev–Trinajstić information content (AvgIpc) is 2.87. The van der Waals surface area contributed by atoms with Crippen molar-refractivity contribution >= 4 is 5.91 Å². The number of hydrogen-bond donors (Lipinski definition) is 0. The Balaban J connectivity index is 1.39. The molecule has 1 amide bonds. The van der Waals surface area contributed by atoms with Crippen LogP contribution in [-0.4, -0.2) is 22.3 Å². The van der Waals surface area contributed by atoms with Crippen LogP contribution >= 0.6 is 0 Å². The molecule has 1 aliphatic carbocycles. The maximum absolute atomic E-state index is 13.3. The Bertz CT molecular complexity index is 952. The van der Waals surface area contributed by atoms with E-state index in [2.05, 4.69) is 29.2 Å². The molecule has 1 aliphatic rings. The van der Waals surface area contributed by atoms with E-state index in [1.165, 1.54) is 6.42 Å². The predicted octanol–water partition coefficient (Wildman–Crippen LogP) is 5.81. The van der Waals surface area contributed by atoms with Gasteiger partial charge >= 0.3 is 0 Å². The molecule has 0 atom stereocenters. The molecule has 1 saturated carbocycles. The van der Waals surface area contributed by atoms with Gasteiger partial charge in [-0.2, -0.15) is 0 Å². The van der Waals surface area contributed by atoms with Crippen molar-refractivity contribution in [1.82, 2.24) is 9.88 Å². The molecule has 1 heterocycles. The number of carbonyl (C=O) groups is 1. The summed E-state index contributed by atoms with van der Waals surface area (Å²) in [6.07, 6.45) is 8.21. The third-order valence-electron chi connectivity index (χ3n) is 6.18. The molecule has 0 spiro atoms. The first kappa shape index (κ1) is 22.1. The lowest BCUT2D eigenvalue weighted by Crippen LogP contribution is -2.38. The lowest BCUT2D eigenvalue weighted by molar-refractivity contribution is -0.137. The summed E-state index contributed by atoms with van der Waals surface area (Å²) in [5.41, 5.74) is 3.30. The number of aromatic nitrogens is 1. The molecule has 0 aliphatic heterocycles. The van der Waals surface area contributed by atoms with Gasteiger partial charge in [0.2, 0.25) is 5.91 Å². The van der Waals surface area contributed by atoms with E-state index in [1.54, 1.807) is 0 Å². The Morgan fingerprint density at radius 3 is 2.34 bits per heavy atom. The summed E-state index contributed by atoms with van der Waals surface area (Å²) in [6.45, 7) is 1.87. The molecule has 0 bridgehead atoms. The third-order valence-corrected chi connectivity index (χ3v) is 6.18. The van der Waals surface area contributed by atoms with Crippen molar-refractivity contribution in [1.29, 1.82) is 0 Å². The van der Waals surface area contributed by atoms with Crippen LogP contribution in [0.1, 0.15) is 48.9 Å². The van der Waals surface area contributed by atoms with Crippen molar-refractivity contribution < 1.29 is 9.53 Å². The smallest absolute Gasteiger partial charge is 0.225 e. The van der Waals surface area contributed by atoms with Crippen LogP contribution in [0.5, 0.6) is 5.75 Å². The zero-order chi connectivity index (χ0) is 22.0. The highest BCUT2D eigenvalue weighted by Gasteiger charge is 2.26. The number of ether oxygens (including phenoxy) is 1. The van der Waals surface area contributed by atoms with Crippen LogP contribution in [-0.2, 0) is 24.4 Å². The van der Waals surface area contributed by atoms with E-state index >= 15 is 0 Å². The van der Waals surface area contributed by atoms with Crippen LogP contribution in [0, 0.1) is 5.92 Å². The topological polar surface area (TPSA) is 42.4 Å². The zero-order valence-corrected chi connectivity index (χ0v) is 18.7. The van der Waals surface area contributed by atoms with Gasteiger partial charge in [0.25, 0.3) is 0 Å². The molecule has 2 aromatic carbocycles. The van der Waals surface area contributed by atoms with Gasteiger partial charge in [0.15, 0.2) is 0 Å². The highest BCUT2D eigenvalue weighted by atomic mass is 16.5. The number of carbonyl (C=O) groups excluding carboxylic acids is 1. The maximum Gasteiger partial charge on any atom is 0.225 e. The molecule has 166 valence electrons. The van der Waals surface area contributed by atoms with Gasteiger partial charge in [0.1, 0.15) is 12.4 Å². The van der Waals surface area contributed by atoms with Crippen LogP contribution in [0.4, 0.5) is 0 Å². The van der Waals surface area contributed by atoms with Crippen molar-refractivity contribution in [3.05, 3.63) is 95.8 Å². The lowest BCUT2D eigenvalue weighted by Gasteiger charge is -2.29. The summed E-state index contributed by atoms with van der Waals surface area (Å²) in [5.74, 6) is 1.31. The standard InChI is InChI=1S/C28H32N2O2/c31-28(25-11-5-2-6-12-25)30(20-18-26-13-7-8-19-29-26)21-23-14-16-27(17-15-23)32-22-24-9-3-1-4-10-24/h1,3-4,7-10,13-17,19,25H,2,5-6,11-12,18,20-22H2. The van der Waals surface area contributed by atoms with Gasteiger partial charge in [-0.3, -0.25) is 9.78 Å². The molecular formula is C28H32N2O2. The normalized spacial score (nSPS) is 14.1. The van der Waals surface area contributed by atoms with Crippen molar-refractivity contribution in [3.63, 3.8) is 0 Å². The molecule has 0 unspecified atom stereocenters. The highest BCUT2D eigenvalue weighted by Crippen LogP contribution is 2.26. The number of rotatable bonds is 9. The molecule has 0 N–H and O–H groups in total. The van der Waals surface area contributed by atoms with Crippen molar-refractivity contribution in [2.45, 2.75) is 51.7 Å². The van der Waals surface area contributed by atoms with Gasteiger partial charge in [0, 0.05) is 37.3 Å². The molecule has 3 aromatic rings. The predicted molar refractivity (Wildman–Crippen MR) is 127 cm³/mol.